The molecule has 9 heteroatoms. The molecule has 2 nitrogen and oxygen atoms in total. The molecule has 0 unspecified atom stereocenters. The minimum absolute atomic E-state index is 0.167. The Morgan fingerprint density at radius 2 is 1.10 bits per heavy atom. The minimum Gasteiger partial charge on any atom is -0.304 e. The van der Waals surface area contributed by atoms with Gasteiger partial charge in [0, 0.05) is 10.8 Å². The van der Waals surface area contributed by atoms with Crippen molar-refractivity contribution < 1.29 is 35.5 Å². The topological polar surface area (TPSA) is 22.0 Å². The van der Waals surface area contributed by atoms with E-state index in [0.29, 0.717) is 10.8 Å². The van der Waals surface area contributed by atoms with E-state index in [0.717, 1.165) is 4.57 Å². The van der Waals surface area contributed by atoms with E-state index in [4.69, 9.17) is 0 Å². The Kier molecular flexibility index (Phi) is 4.14. The van der Waals surface area contributed by atoms with Gasteiger partial charge in [0.2, 0.25) is 0 Å². The van der Waals surface area contributed by atoms with Gasteiger partial charge in [0.1, 0.15) is 11.3 Å². The van der Waals surface area contributed by atoms with Crippen LogP contribution in [0.25, 0.3) is 27.5 Å². The molecule has 4 aromatic rings. The number of benzene rings is 3. The molecule has 0 fully saturated rings. The number of alkyl halides is 3. The molecule has 4 rings (SSSR count). The zero-order valence-electron chi connectivity index (χ0n) is 14.1. The Morgan fingerprint density at radius 1 is 0.690 bits per heavy atom. The number of aromatic nitrogens is 1. The maximum absolute atomic E-state index is 14.7. The normalized spacial score (nSPS) is 12.1. The van der Waals surface area contributed by atoms with Crippen molar-refractivity contribution >= 4 is 27.6 Å². The highest BCUT2D eigenvalue weighted by Gasteiger charge is 2.45. The van der Waals surface area contributed by atoms with E-state index >= 15 is 0 Å². The Hall–Kier alpha value is -3.36. The van der Waals surface area contributed by atoms with E-state index in [1.807, 2.05) is 0 Å². The van der Waals surface area contributed by atoms with Crippen molar-refractivity contribution in [1.82, 2.24) is 4.57 Å². The van der Waals surface area contributed by atoms with Crippen LogP contribution in [0, 0.1) is 23.3 Å². The second kappa shape index (κ2) is 6.33. The molecular formula is C20H8F7NO. The molecule has 0 amide bonds. The summed E-state index contributed by atoms with van der Waals surface area (Å²) in [4.78, 5) is 11.3. The molecule has 0 N–H and O–H groups in total. The predicted octanol–water partition coefficient (Wildman–Crippen LogP) is 6.09. The van der Waals surface area contributed by atoms with E-state index in [1.54, 1.807) is 24.3 Å². The Balaban J connectivity index is 2.14. The largest absolute Gasteiger partial charge is 0.455 e. The molecule has 0 radical (unpaired) electrons. The molecule has 29 heavy (non-hydrogen) atoms. The van der Waals surface area contributed by atoms with E-state index < -0.39 is 46.5 Å². The number of carbonyl (C=O) groups excluding carboxylic acids is 1. The first kappa shape index (κ1) is 19.0. The predicted molar refractivity (Wildman–Crippen MR) is 91.0 cm³/mol. The van der Waals surface area contributed by atoms with Crippen LogP contribution in [0.3, 0.4) is 0 Å². The first-order valence-corrected chi connectivity index (χ1v) is 8.10. The number of fused-ring (bicyclic) bond motifs is 3. The number of ketones is 1. The highest BCUT2D eigenvalue weighted by atomic mass is 19.4. The van der Waals surface area contributed by atoms with Crippen LogP contribution in [0.15, 0.2) is 48.5 Å². The number of carbonyl (C=O) groups is 1. The summed E-state index contributed by atoms with van der Waals surface area (Å²) >= 11 is 0. The quantitative estimate of drug-likeness (QED) is 0.222. The van der Waals surface area contributed by atoms with Gasteiger partial charge in [0.05, 0.1) is 11.0 Å². The molecule has 0 saturated heterocycles. The smallest absolute Gasteiger partial charge is 0.304 e. The third-order valence-corrected chi connectivity index (χ3v) is 4.53. The van der Waals surface area contributed by atoms with Gasteiger partial charge in [-0.05, 0) is 12.1 Å². The van der Waals surface area contributed by atoms with Crippen LogP contribution in [-0.4, -0.2) is 16.5 Å². The van der Waals surface area contributed by atoms with Gasteiger partial charge >= 0.3 is 6.18 Å². The van der Waals surface area contributed by atoms with Crippen LogP contribution in [0.5, 0.6) is 0 Å². The fourth-order valence-corrected chi connectivity index (χ4v) is 3.32. The van der Waals surface area contributed by atoms with Crippen LogP contribution in [0.4, 0.5) is 30.7 Å². The zero-order chi connectivity index (χ0) is 21.1. The third-order valence-electron chi connectivity index (χ3n) is 4.53. The van der Waals surface area contributed by atoms with E-state index in [1.165, 1.54) is 24.3 Å². The molecule has 148 valence electrons. The fourth-order valence-electron chi connectivity index (χ4n) is 3.32. The third kappa shape index (κ3) is 2.68. The molecule has 1 aromatic heterocycles. The van der Waals surface area contributed by atoms with Crippen LogP contribution < -0.4 is 0 Å². The van der Waals surface area contributed by atoms with Crippen molar-refractivity contribution in [2.24, 2.45) is 0 Å². The average Bonchev–Trinajstić information content (AvgIpc) is 3.01. The molecule has 0 bridgehead atoms. The summed E-state index contributed by atoms with van der Waals surface area (Å²) in [5.41, 5.74) is -3.24. The average molecular weight is 411 g/mol. The first-order valence-electron chi connectivity index (χ1n) is 8.10. The maximum atomic E-state index is 14.7. The standard InChI is InChI=1S/C20H8F7NO/c21-14-13(19(29)20(25,26)27)15(22)17(24)18(16(14)23)28-11-7-3-1-5-9(11)10-6-2-4-8-12(10)28/h1-8H. The number of rotatable bonds is 2. The Morgan fingerprint density at radius 3 is 1.52 bits per heavy atom. The van der Waals surface area contributed by atoms with Crippen LogP contribution in [0.1, 0.15) is 10.4 Å². The number of hydrogen-bond donors (Lipinski definition) is 0. The molecule has 1 heterocycles. The monoisotopic (exact) mass is 411 g/mol. The highest BCUT2D eigenvalue weighted by Crippen LogP contribution is 2.37. The van der Waals surface area contributed by atoms with Gasteiger partial charge in [0.25, 0.3) is 5.78 Å². The van der Waals surface area contributed by atoms with Crippen molar-refractivity contribution in [2.75, 3.05) is 0 Å². The van der Waals surface area contributed by atoms with Crippen molar-refractivity contribution in [3.05, 3.63) is 77.4 Å². The second-order valence-electron chi connectivity index (χ2n) is 6.18. The summed E-state index contributed by atoms with van der Waals surface area (Å²) in [7, 11) is 0. The molecular weight excluding hydrogens is 403 g/mol. The van der Waals surface area contributed by atoms with Crippen molar-refractivity contribution in [2.45, 2.75) is 6.18 Å². The van der Waals surface area contributed by atoms with Gasteiger partial charge < -0.3 is 4.57 Å². The molecule has 0 aliphatic heterocycles. The summed E-state index contributed by atoms with van der Waals surface area (Å²) in [5.74, 6) is -12.1. The number of halogens is 7. The van der Waals surface area contributed by atoms with Crippen LogP contribution in [-0.2, 0) is 0 Å². The molecule has 3 aromatic carbocycles. The lowest BCUT2D eigenvalue weighted by molar-refractivity contribution is -0.0890. The minimum atomic E-state index is -5.71. The lowest BCUT2D eigenvalue weighted by Gasteiger charge is -2.15. The molecule has 0 aliphatic rings. The summed E-state index contributed by atoms with van der Waals surface area (Å²) in [6.45, 7) is 0. The molecule has 0 saturated carbocycles. The second-order valence-corrected chi connectivity index (χ2v) is 6.18. The van der Waals surface area contributed by atoms with Gasteiger partial charge in [-0.3, -0.25) is 4.79 Å². The first-order chi connectivity index (χ1) is 13.6. The molecule has 0 spiro atoms. The summed E-state index contributed by atoms with van der Waals surface area (Å²) in [6, 6.07) is 12.4. The SMILES string of the molecule is O=C(c1c(F)c(F)c(-n2c3ccccc3c3ccccc32)c(F)c1F)C(F)(F)F. The van der Waals surface area contributed by atoms with Crippen molar-refractivity contribution in [3.63, 3.8) is 0 Å². The van der Waals surface area contributed by atoms with E-state index in [2.05, 4.69) is 0 Å². The zero-order valence-corrected chi connectivity index (χ0v) is 14.1. The summed E-state index contributed by atoms with van der Waals surface area (Å²) in [6.07, 6.45) is -5.71. The van der Waals surface area contributed by atoms with Crippen molar-refractivity contribution in [3.8, 4) is 5.69 Å². The van der Waals surface area contributed by atoms with E-state index in [-0.39, 0.29) is 11.0 Å². The maximum Gasteiger partial charge on any atom is 0.455 e. The number of hydrogen-bond acceptors (Lipinski definition) is 1. The summed E-state index contributed by atoms with van der Waals surface area (Å²) in [5, 5.41) is 0.997. The number of Topliss-reactive ketones (excluding diaryl/α,β-unsaturated/α-hetero) is 1. The number of para-hydroxylation sites is 2. The number of nitrogens with zero attached hydrogens (tertiary/aromatic N) is 1. The lowest BCUT2D eigenvalue weighted by Crippen LogP contribution is -2.27. The molecule has 0 aliphatic carbocycles. The van der Waals surface area contributed by atoms with Crippen molar-refractivity contribution in [1.29, 1.82) is 0 Å². The summed E-state index contributed by atoms with van der Waals surface area (Å²) < 4.78 is 96.9. The van der Waals surface area contributed by atoms with Gasteiger partial charge in [-0.15, -0.1) is 0 Å². The van der Waals surface area contributed by atoms with Gasteiger partial charge in [0.15, 0.2) is 23.3 Å². The Bertz CT molecular complexity index is 1220. The van der Waals surface area contributed by atoms with Gasteiger partial charge in [-0.1, -0.05) is 36.4 Å². The highest BCUT2D eigenvalue weighted by molar-refractivity contribution is 6.09. The van der Waals surface area contributed by atoms with Crippen LogP contribution >= 0.6 is 0 Å². The Labute approximate surface area is 157 Å². The fraction of sp³-hybridized carbons (Fsp3) is 0.0500. The van der Waals surface area contributed by atoms with E-state index in [9.17, 15) is 35.5 Å². The van der Waals surface area contributed by atoms with Gasteiger partial charge in [-0.2, -0.15) is 13.2 Å². The molecule has 0 atom stereocenters. The van der Waals surface area contributed by atoms with Crippen LogP contribution in [0.2, 0.25) is 0 Å². The van der Waals surface area contributed by atoms with Gasteiger partial charge in [-0.25, -0.2) is 17.6 Å². The lowest BCUT2D eigenvalue weighted by atomic mass is 10.1.